The largest absolute Gasteiger partial charge is 0.548 e. The monoisotopic (exact) mass is 1740 g/mol. The quantitative estimate of drug-likeness (QED) is 0.124. The lowest BCUT2D eigenvalue weighted by Gasteiger charge is -2.47. The van der Waals surface area contributed by atoms with Crippen molar-refractivity contribution in [2.24, 2.45) is 47.0 Å². The van der Waals surface area contributed by atoms with Gasteiger partial charge in [0.1, 0.15) is 72.6 Å². The number of ether oxygens (including phenoxy) is 16. The topological polar surface area (TPSA) is 361 Å². The SMILES string of the molecule is C=C1C[C@@H]2CC[C@@]34C[C@H]5O[C@H]6[C@@H](O3)[C@H]3O[C@H](CC[C@@H]3O[C@H]6[C@H]5O4)CC(=O)C[C@@H]3[C@@H](C)[C@@H](C[C@H](O)CN)O[C@H]3C[C@H]3O[C@@H](CC[C@@H]1O2)C[C@@H](C)C3=C.C=C1C[C@@H]2CC[C@@]34C[C@H]5O[C@H]6[C@@H](O3)[C@H]3O[C@H](CC[C@@H]3O[C@H]6[C@H]5O4)CC(=O)C[C@@H]3[C@@H](C)[C@@H](C[C@H](O)CN)O[C@H]3C[C@H]3O[C@@H](CC[C@@H]1O2)C[C@@H](C)C3=C.Cc1ccc(S(=O)(=O)N[C@@H](Cc2ccccc2)C(=O)[O-])cc1. The van der Waals surface area contributed by atoms with Crippen LogP contribution in [0.1, 0.15) is 206 Å². The predicted molar refractivity (Wildman–Crippen MR) is 450 cm³/mol. The van der Waals surface area contributed by atoms with Gasteiger partial charge in [0.15, 0.2) is 11.6 Å². The molecule has 0 aliphatic carbocycles. The number of carboxylic acid groups (broad SMARTS) is 1. The van der Waals surface area contributed by atoms with E-state index in [2.05, 4.69) is 58.7 Å². The molecule has 0 saturated carbocycles. The molecule has 2 aromatic carbocycles. The molecule has 0 aromatic heterocycles. The van der Waals surface area contributed by atoms with Crippen LogP contribution in [0.5, 0.6) is 0 Å². The minimum Gasteiger partial charge on any atom is -0.548 e. The van der Waals surface area contributed by atoms with Crippen LogP contribution in [-0.4, -0.2) is 250 Å². The standard InChI is InChI=1S/2C40H59NO10.C16H17NO4S/c2*1-19-11-25-5-7-29-20(2)12-27(44-29)9-10-40-17-34-36(50-40)37-38(49-34)39(51-40)35-30(48-37)8-6-26(46-35)13-23(42)14-28-22(4)31(15-24(43)18-41)47-33(28)16-32(45-25)21(19)3;1-12-7-9-14(10-8-12)22(20,21)17-15(16(18)19)11-13-5-3-2-4-6-13/h2*19,22,24-39,43H,2-3,5-18,41H2,1,4H3;2-10,15,17H,11H2,1H3,(H,18,19)/p-1/t2*19-,22-,24+,25+,26-,27+,28-,29+,30+,31-,32-,33+,34-,35+,36+,37+,38-,39+,40+;15-/m110/s1. The molecule has 24 bridgehead atoms. The highest BCUT2D eigenvalue weighted by Crippen LogP contribution is 2.58. The van der Waals surface area contributed by atoms with Crippen molar-refractivity contribution in [2.45, 2.75) is 414 Å². The van der Waals surface area contributed by atoms with Crippen LogP contribution in [0.25, 0.3) is 0 Å². The molecule has 20 fully saturated rings. The number of rotatable bonds is 12. The summed E-state index contributed by atoms with van der Waals surface area (Å²) in [6.45, 7) is 28.8. The number of aliphatic hydroxyl groups is 2. The van der Waals surface area contributed by atoms with Gasteiger partial charge in [0, 0.05) is 90.1 Å². The molecule has 39 atom stereocenters. The summed E-state index contributed by atoms with van der Waals surface area (Å²) in [6, 6.07) is 13.6. The first-order chi connectivity index (χ1) is 59.5. The second-order valence-corrected chi connectivity index (χ2v) is 41.9. The Morgan fingerprint density at radius 3 is 1.32 bits per heavy atom. The van der Waals surface area contributed by atoms with Crippen molar-refractivity contribution in [3.8, 4) is 0 Å². The van der Waals surface area contributed by atoms with E-state index in [-0.39, 0.29) is 231 Å². The average molecular weight is 1750 g/mol. The van der Waals surface area contributed by atoms with E-state index in [9.17, 15) is 38.1 Å². The van der Waals surface area contributed by atoms with Gasteiger partial charge in [-0.25, -0.2) is 13.1 Å². The third kappa shape index (κ3) is 18.8. The number of Topliss-reactive ketones (excluding diaryl/α,β-unsaturated/α-hetero) is 2. The van der Waals surface area contributed by atoms with Crippen LogP contribution in [0.15, 0.2) is 108 Å². The second-order valence-electron chi connectivity index (χ2n) is 40.2. The molecule has 2 aromatic rings. The van der Waals surface area contributed by atoms with Gasteiger partial charge in [-0.2, -0.15) is 0 Å². The number of aryl methyl sites for hydroxylation is 1. The van der Waals surface area contributed by atoms with E-state index < -0.39 is 45.8 Å². The van der Waals surface area contributed by atoms with Gasteiger partial charge < -0.3 is 107 Å². The van der Waals surface area contributed by atoms with Gasteiger partial charge in [0.05, 0.1) is 139 Å². The summed E-state index contributed by atoms with van der Waals surface area (Å²) in [7, 11) is -3.91. The fourth-order valence-corrected chi connectivity index (χ4v) is 25.7. The van der Waals surface area contributed by atoms with E-state index >= 15 is 0 Å². The van der Waals surface area contributed by atoms with Crippen LogP contribution >= 0.6 is 0 Å². The maximum Gasteiger partial charge on any atom is 0.241 e. The molecule has 20 aliphatic rings. The molecule has 684 valence electrons. The average Bonchev–Trinajstić information content (AvgIpc) is 1.55. The van der Waals surface area contributed by atoms with Gasteiger partial charge >= 0.3 is 0 Å². The molecule has 20 aliphatic heterocycles. The Kier molecular flexibility index (Phi) is 26.9. The summed E-state index contributed by atoms with van der Waals surface area (Å²) >= 11 is 0. The van der Waals surface area contributed by atoms with E-state index in [0.29, 0.717) is 94.4 Å². The highest BCUT2D eigenvalue weighted by molar-refractivity contribution is 7.89. The Hall–Kier alpha value is -4.68. The van der Waals surface area contributed by atoms with Gasteiger partial charge in [-0.05, 0) is 179 Å². The fraction of sp³-hybridized carbons (Fsp3) is 0.760. The zero-order valence-electron chi connectivity index (χ0n) is 72.8. The minimum absolute atomic E-state index is 0.00127. The third-order valence-electron chi connectivity index (χ3n) is 31.6. The van der Waals surface area contributed by atoms with Crippen molar-refractivity contribution in [2.75, 3.05) is 13.1 Å². The molecular weight excluding hydrogens is 1610 g/mol. The number of nitrogens with one attached hydrogen (secondary N) is 1. The van der Waals surface area contributed by atoms with E-state index in [1.807, 2.05) is 6.92 Å². The number of hydrogen-bond acceptors (Lipinski definition) is 26. The summed E-state index contributed by atoms with van der Waals surface area (Å²) in [4.78, 5) is 39.2. The fourth-order valence-electron chi connectivity index (χ4n) is 24.6. The minimum atomic E-state index is -3.91. The number of aliphatic carboxylic acids is 1. The molecule has 27 nitrogen and oxygen atoms in total. The van der Waals surface area contributed by atoms with Crippen LogP contribution in [0.2, 0.25) is 0 Å². The van der Waals surface area contributed by atoms with E-state index in [0.717, 1.165) is 118 Å². The number of carbonyl (C=O) groups excluding carboxylic acids is 3. The Labute approximate surface area is 730 Å². The molecule has 0 radical (unpaired) electrons. The lowest BCUT2D eigenvalue weighted by molar-refractivity contribution is -0.308. The maximum atomic E-state index is 14.0. The van der Waals surface area contributed by atoms with Crippen molar-refractivity contribution >= 4 is 27.6 Å². The number of carbonyl (C=O) groups is 3. The molecular formula is C96H134N3O24S-. The van der Waals surface area contributed by atoms with Crippen molar-refractivity contribution in [1.82, 2.24) is 4.72 Å². The number of ketones is 2. The second kappa shape index (κ2) is 37.2. The summed E-state index contributed by atoms with van der Waals surface area (Å²) in [5, 5.41) is 32.2. The molecule has 0 amide bonds. The van der Waals surface area contributed by atoms with Gasteiger partial charge in [-0.15, -0.1) is 0 Å². The maximum absolute atomic E-state index is 14.0. The molecule has 0 unspecified atom stereocenters. The summed E-state index contributed by atoms with van der Waals surface area (Å²) in [5.74, 6) is -1.90. The van der Waals surface area contributed by atoms with Gasteiger partial charge in [-0.3, -0.25) is 9.59 Å². The Morgan fingerprint density at radius 2 is 0.879 bits per heavy atom. The molecule has 2 spiro atoms. The molecule has 20 saturated heterocycles. The normalized spacial score (nSPS) is 46.0. The van der Waals surface area contributed by atoms with Gasteiger partial charge in [0.25, 0.3) is 0 Å². The first-order valence-corrected chi connectivity index (χ1v) is 48.4. The number of nitrogens with two attached hydrogens (primary N) is 2. The van der Waals surface area contributed by atoms with Crippen LogP contribution in [0.4, 0.5) is 0 Å². The van der Waals surface area contributed by atoms with Crippen LogP contribution in [0.3, 0.4) is 0 Å². The highest BCUT2D eigenvalue weighted by atomic mass is 32.2. The summed E-state index contributed by atoms with van der Waals surface area (Å²) < 4.78 is 135. The van der Waals surface area contributed by atoms with E-state index in [1.165, 1.54) is 12.1 Å². The lowest BCUT2D eigenvalue weighted by atomic mass is 9.78. The van der Waals surface area contributed by atoms with Crippen LogP contribution in [0, 0.1) is 42.4 Å². The first-order valence-electron chi connectivity index (χ1n) is 46.9. The van der Waals surface area contributed by atoms with E-state index in [1.54, 1.807) is 42.5 Å². The number of fused-ring (bicyclic) bond motifs is 12. The summed E-state index contributed by atoms with van der Waals surface area (Å²) in [5.41, 5.74) is 17.7. The van der Waals surface area contributed by atoms with Crippen molar-refractivity contribution in [3.63, 3.8) is 0 Å². The lowest BCUT2D eigenvalue weighted by Crippen LogP contribution is -2.61. The predicted octanol–water partition coefficient (Wildman–Crippen LogP) is 8.75. The zero-order chi connectivity index (χ0) is 86.5. The first kappa shape index (κ1) is 89.9. The molecule has 22 rings (SSSR count). The smallest absolute Gasteiger partial charge is 0.241 e. The number of benzene rings is 2. The van der Waals surface area contributed by atoms with Gasteiger partial charge in [-0.1, -0.05) is 102 Å². The Balaban J connectivity index is 0.000000137. The number of carboxylic acids is 1. The van der Waals surface area contributed by atoms with Crippen LogP contribution < -0.4 is 21.3 Å². The molecule has 20 heterocycles. The van der Waals surface area contributed by atoms with Gasteiger partial charge in [0.2, 0.25) is 10.0 Å². The molecule has 124 heavy (non-hydrogen) atoms. The number of aliphatic hydroxyl groups excluding tert-OH is 2. The molecule has 28 heteroatoms. The third-order valence-corrected chi connectivity index (χ3v) is 33.0. The summed E-state index contributed by atoms with van der Waals surface area (Å²) in [6.07, 6.45) is 12.9. The van der Waals surface area contributed by atoms with Crippen molar-refractivity contribution in [1.29, 1.82) is 0 Å². The van der Waals surface area contributed by atoms with Crippen LogP contribution in [-0.2, 0) is 107 Å². The number of sulfonamides is 1. The highest BCUT2D eigenvalue weighted by Gasteiger charge is 2.71. The molecule has 7 N–H and O–H groups in total. The van der Waals surface area contributed by atoms with Crippen molar-refractivity contribution in [3.05, 3.63) is 114 Å². The van der Waals surface area contributed by atoms with Crippen molar-refractivity contribution < 1.29 is 114 Å². The number of hydrogen-bond donors (Lipinski definition) is 5. The Morgan fingerprint density at radius 1 is 0.468 bits per heavy atom. The van der Waals surface area contributed by atoms with E-state index in [4.69, 9.17) is 87.3 Å². The Bertz CT molecular complexity index is 4090. The zero-order valence-corrected chi connectivity index (χ0v) is 73.6.